The van der Waals surface area contributed by atoms with Crippen LogP contribution in [0.4, 0.5) is 13.2 Å². The third-order valence-corrected chi connectivity index (χ3v) is 5.72. The van der Waals surface area contributed by atoms with Gasteiger partial charge in [-0.25, -0.2) is 0 Å². The predicted octanol–water partition coefficient (Wildman–Crippen LogP) is 3.37. The fraction of sp³-hybridized carbons (Fsp3) is 1.00. The van der Waals surface area contributed by atoms with Gasteiger partial charge in [-0.2, -0.15) is 13.2 Å². The van der Waals surface area contributed by atoms with Crippen LogP contribution < -0.4 is 5.32 Å². The minimum atomic E-state index is -4.22. The van der Waals surface area contributed by atoms with E-state index >= 15 is 0 Å². The fourth-order valence-electron chi connectivity index (χ4n) is 5.46. The highest BCUT2D eigenvalue weighted by Crippen LogP contribution is 2.61. The third-order valence-electron chi connectivity index (χ3n) is 5.72. The average Bonchev–Trinajstić information content (AvgIpc) is 2.31. The summed E-state index contributed by atoms with van der Waals surface area (Å²) in [4.78, 5) is 0. The van der Waals surface area contributed by atoms with Gasteiger partial charge in [-0.05, 0) is 68.7 Å². The molecule has 4 bridgehead atoms. The number of likely N-dealkylation sites (N-methyl/N-ethyl adjacent to an activating group) is 1. The SMILES string of the molecule is CNC(COCC(F)(F)F)C12CC3CC(CC(C3)C1)C2. The van der Waals surface area contributed by atoms with Crippen LogP contribution in [0.15, 0.2) is 0 Å². The molecule has 2 nitrogen and oxygen atoms in total. The van der Waals surface area contributed by atoms with Crippen molar-refractivity contribution in [1.82, 2.24) is 5.32 Å². The van der Waals surface area contributed by atoms with E-state index in [0.29, 0.717) is 0 Å². The molecular formula is C15H24F3NO. The molecule has 0 aromatic heterocycles. The minimum Gasteiger partial charge on any atom is -0.370 e. The highest BCUT2D eigenvalue weighted by atomic mass is 19.4. The Morgan fingerprint density at radius 2 is 1.60 bits per heavy atom. The normalized spacial score (nSPS) is 41.1. The van der Waals surface area contributed by atoms with Gasteiger partial charge in [0.1, 0.15) is 6.61 Å². The smallest absolute Gasteiger partial charge is 0.370 e. The Bertz CT molecular complexity index is 320. The van der Waals surface area contributed by atoms with E-state index in [2.05, 4.69) is 5.32 Å². The predicted molar refractivity (Wildman–Crippen MR) is 70.3 cm³/mol. The largest absolute Gasteiger partial charge is 0.411 e. The van der Waals surface area contributed by atoms with Gasteiger partial charge in [0.15, 0.2) is 0 Å². The monoisotopic (exact) mass is 291 g/mol. The van der Waals surface area contributed by atoms with Crippen LogP contribution in [0.5, 0.6) is 0 Å². The molecule has 20 heavy (non-hydrogen) atoms. The summed E-state index contributed by atoms with van der Waals surface area (Å²) < 4.78 is 41.6. The second-order valence-electron chi connectivity index (χ2n) is 7.25. The second-order valence-corrected chi connectivity index (χ2v) is 7.25. The maximum Gasteiger partial charge on any atom is 0.411 e. The lowest BCUT2D eigenvalue weighted by Gasteiger charge is -2.59. The van der Waals surface area contributed by atoms with Gasteiger partial charge in [0.2, 0.25) is 0 Å². The fourth-order valence-corrected chi connectivity index (χ4v) is 5.46. The van der Waals surface area contributed by atoms with Crippen LogP contribution in [0, 0.1) is 23.2 Å². The van der Waals surface area contributed by atoms with Crippen molar-refractivity contribution in [1.29, 1.82) is 0 Å². The Morgan fingerprint density at radius 3 is 2.00 bits per heavy atom. The van der Waals surface area contributed by atoms with Gasteiger partial charge >= 0.3 is 6.18 Å². The van der Waals surface area contributed by atoms with Gasteiger partial charge < -0.3 is 10.1 Å². The molecule has 0 heterocycles. The third kappa shape index (κ3) is 2.84. The summed E-state index contributed by atoms with van der Waals surface area (Å²) in [5.41, 5.74) is 0.190. The molecule has 0 radical (unpaired) electrons. The zero-order chi connectivity index (χ0) is 14.4. The first-order valence-corrected chi connectivity index (χ1v) is 7.72. The molecule has 0 spiro atoms. The first-order chi connectivity index (χ1) is 9.40. The Balaban J connectivity index is 1.63. The highest BCUT2D eigenvalue weighted by Gasteiger charge is 2.53. The number of halogens is 3. The Morgan fingerprint density at radius 1 is 1.10 bits per heavy atom. The Hall–Kier alpha value is -0.290. The van der Waals surface area contributed by atoms with Crippen LogP contribution in [-0.4, -0.2) is 32.5 Å². The molecule has 1 atom stereocenters. The Kier molecular flexibility index (Phi) is 3.78. The van der Waals surface area contributed by atoms with Crippen molar-refractivity contribution in [3.63, 3.8) is 0 Å². The van der Waals surface area contributed by atoms with Crippen molar-refractivity contribution < 1.29 is 17.9 Å². The van der Waals surface area contributed by atoms with E-state index in [9.17, 15) is 13.2 Å². The van der Waals surface area contributed by atoms with Crippen molar-refractivity contribution in [3.05, 3.63) is 0 Å². The Labute approximate surface area is 118 Å². The molecule has 0 saturated heterocycles. The van der Waals surface area contributed by atoms with Gasteiger partial charge in [0, 0.05) is 6.04 Å². The van der Waals surface area contributed by atoms with Crippen LogP contribution in [0.3, 0.4) is 0 Å². The zero-order valence-corrected chi connectivity index (χ0v) is 12.0. The molecule has 0 aromatic carbocycles. The van der Waals surface area contributed by atoms with E-state index in [1.165, 1.54) is 38.5 Å². The molecule has 0 amide bonds. The summed E-state index contributed by atoms with van der Waals surface area (Å²) in [7, 11) is 1.86. The second kappa shape index (κ2) is 5.16. The maximum absolute atomic E-state index is 12.2. The molecule has 5 heteroatoms. The lowest BCUT2D eigenvalue weighted by molar-refractivity contribution is -0.181. The molecule has 4 saturated carbocycles. The molecule has 4 aliphatic carbocycles. The number of ether oxygens (including phenoxy) is 1. The van der Waals surface area contributed by atoms with Crippen LogP contribution in [0.1, 0.15) is 38.5 Å². The minimum absolute atomic E-state index is 0.0678. The quantitative estimate of drug-likeness (QED) is 0.838. The molecule has 0 aromatic rings. The average molecular weight is 291 g/mol. The summed E-state index contributed by atoms with van der Waals surface area (Å²) in [6.45, 7) is -0.945. The van der Waals surface area contributed by atoms with E-state index in [0.717, 1.165) is 17.8 Å². The lowest BCUT2D eigenvalue weighted by Crippen LogP contribution is -2.57. The van der Waals surface area contributed by atoms with Crippen LogP contribution in [0.2, 0.25) is 0 Å². The summed E-state index contributed by atoms with van der Waals surface area (Å²) in [6, 6.07) is 0.0678. The summed E-state index contributed by atoms with van der Waals surface area (Å²) in [5.74, 6) is 2.42. The number of hydrogen-bond acceptors (Lipinski definition) is 2. The van der Waals surface area contributed by atoms with E-state index in [1.54, 1.807) is 0 Å². The highest BCUT2D eigenvalue weighted by molar-refractivity contribution is 5.05. The van der Waals surface area contributed by atoms with Crippen molar-refractivity contribution >= 4 is 0 Å². The lowest BCUT2D eigenvalue weighted by atomic mass is 9.48. The molecule has 1 N–H and O–H groups in total. The van der Waals surface area contributed by atoms with Gasteiger partial charge in [0.25, 0.3) is 0 Å². The van der Waals surface area contributed by atoms with Gasteiger partial charge in [-0.3, -0.25) is 0 Å². The van der Waals surface area contributed by atoms with Crippen LogP contribution in [0.25, 0.3) is 0 Å². The summed E-state index contributed by atoms with van der Waals surface area (Å²) in [6.07, 6.45) is 3.36. The van der Waals surface area contributed by atoms with Crippen molar-refractivity contribution in [2.45, 2.75) is 50.7 Å². The maximum atomic E-state index is 12.2. The molecule has 4 fully saturated rings. The van der Waals surface area contributed by atoms with Crippen molar-refractivity contribution in [2.24, 2.45) is 23.2 Å². The number of alkyl halides is 3. The standard InChI is InChI=1S/C15H24F3NO/c1-19-13(8-20-9-15(16,17)18)14-5-10-2-11(6-14)4-12(3-10)7-14/h10-13,19H,2-9H2,1H3. The molecule has 1 unspecified atom stereocenters. The first kappa shape index (κ1) is 14.6. The van der Waals surface area contributed by atoms with Crippen molar-refractivity contribution in [3.8, 4) is 0 Å². The topological polar surface area (TPSA) is 21.3 Å². The molecule has 4 rings (SSSR count). The number of rotatable bonds is 5. The molecule has 4 aliphatic rings. The molecule has 116 valence electrons. The summed E-state index contributed by atoms with van der Waals surface area (Å²) in [5, 5.41) is 3.25. The van der Waals surface area contributed by atoms with Gasteiger partial charge in [-0.15, -0.1) is 0 Å². The van der Waals surface area contributed by atoms with Gasteiger partial charge in [0.05, 0.1) is 6.61 Å². The van der Waals surface area contributed by atoms with Gasteiger partial charge in [-0.1, -0.05) is 0 Å². The zero-order valence-electron chi connectivity index (χ0n) is 12.0. The summed E-state index contributed by atoms with van der Waals surface area (Å²) >= 11 is 0. The van der Waals surface area contributed by atoms with E-state index in [4.69, 9.17) is 4.74 Å². The molecular weight excluding hydrogens is 267 g/mol. The number of hydrogen-bond donors (Lipinski definition) is 1. The van der Waals surface area contributed by atoms with E-state index in [1.807, 2.05) is 7.05 Å². The molecule has 0 aliphatic heterocycles. The van der Waals surface area contributed by atoms with E-state index in [-0.39, 0.29) is 18.1 Å². The van der Waals surface area contributed by atoms with E-state index < -0.39 is 12.8 Å². The number of nitrogens with one attached hydrogen (secondary N) is 1. The van der Waals surface area contributed by atoms with Crippen LogP contribution in [-0.2, 0) is 4.74 Å². The first-order valence-electron chi connectivity index (χ1n) is 7.72. The van der Waals surface area contributed by atoms with Crippen molar-refractivity contribution in [2.75, 3.05) is 20.3 Å². The van der Waals surface area contributed by atoms with Crippen LogP contribution >= 0.6 is 0 Å².